The fraction of sp³-hybridized carbons (Fsp3) is 1.00. The van der Waals surface area contributed by atoms with E-state index in [2.05, 4.69) is 0 Å². The topological polar surface area (TPSA) is 43.7 Å². The molecule has 0 spiro atoms. The number of aliphatic hydroxyl groups excluding tert-OH is 1. The van der Waals surface area contributed by atoms with Crippen molar-refractivity contribution in [1.82, 2.24) is 4.90 Å². The third-order valence-electron chi connectivity index (χ3n) is 4.22. The zero-order valence-corrected chi connectivity index (χ0v) is 10.3. The largest absolute Gasteiger partial charge is 0.418 e. The van der Waals surface area contributed by atoms with Gasteiger partial charge in [0.25, 0.3) is 0 Å². The molecule has 3 nitrogen and oxygen atoms in total. The third-order valence-corrected chi connectivity index (χ3v) is 4.22. The second-order valence-corrected chi connectivity index (χ2v) is 5.52. The number of nitrogens with zero attached hydrogens (tertiary/aromatic N) is 1. The van der Waals surface area contributed by atoms with E-state index >= 15 is 0 Å². The Morgan fingerprint density at radius 1 is 1.11 bits per heavy atom. The lowest BCUT2D eigenvalue weighted by atomic mass is 10.0. The van der Waals surface area contributed by atoms with Gasteiger partial charge in [0.1, 0.15) is 0 Å². The Morgan fingerprint density at radius 2 is 1.78 bits per heavy atom. The van der Waals surface area contributed by atoms with E-state index in [1.54, 1.807) is 4.90 Å². The highest BCUT2D eigenvalue weighted by atomic mass is 19.4. The number of hydrogen-bond donors (Lipinski definition) is 2. The standard InChI is InChI=1S/C12H20F3NO2/c13-12(14,15)11(18)6-7-16(8-11)9-4-2-1-3-5-10(9)17/h9-10,17-18H,1-8H2. The quantitative estimate of drug-likeness (QED) is 0.710. The second kappa shape index (κ2) is 4.98. The first-order valence-electron chi connectivity index (χ1n) is 6.55. The molecule has 0 amide bonds. The Bertz CT molecular complexity index is 298. The van der Waals surface area contributed by atoms with Crippen molar-refractivity contribution >= 4 is 0 Å². The highest BCUT2D eigenvalue weighted by molar-refractivity contribution is 4.99. The first kappa shape index (κ1) is 14.1. The molecular formula is C12H20F3NO2. The van der Waals surface area contributed by atoms with Crippen LogP contribution in [0, 0.1) is 0 Å². The summed E-state index contributed by atoms with van der Waals surface area (Å²) in [5, 5.41) is 19.6. The number of halogens is 3. The number of likely N-dealkylation sites (tertiary alicyclic amines) is 1. The van der Waals surface area contributed by atoms with Gasteiger partial charge in [-0.1, -0.05) is 19.3 Å². The first-order chi connectivity index (χ1) is 8.33. The summed E-state index contributed by atoms with van der Waals surface area (Å²) < 4.78 is 38.2. The molecule has 2 rings (SSSR count). The third kappa shape index (κ3) is 2.65. The minimum Gasteiger partial charge on any atom is -0.391 e. The van der Waals surface area contributed by atoms with Crippen molar-refractivity contribution in [1.29, 1.82) is 0 Å². The molecule has 6 heteroatoms. The molecule has 0 aromatic heterocycles. The van der Waals surface area contributed by atoms with E-state index in [1.165, 1.54) is 0 Å². The Hall–Kier alpha value is -0.330. The first-order valence-corrected chi connectivity index (χ1v) is 6.55. The molecule has 1 saturated carbocycles. The molecule has 0 aromatic carbocycles. The van der Waals surface area contributed by atoms with Gasteiger partial charge in [-0.2, -0.15) is 13.2 Å². The van der Waals surface area contributed by atoms with Crippen molar-refractivity contribution in [2.75, 3.05) is 13.1 Å². The molecule has 2 fully saturated rings. The summed E-state index contributed by atoms with van der Waals surface area (Å²) in [4.78, 5) is 1.61. The molecule has 0 radical (unpaired) electrons. The van der Waals surface area contributed by atoms with Gasteiger partial charge in [-0.05, 0) is 19.3 Å². The van der Waals surface area contributed by atoms with Crippen LogP contribution in [-0.2, 0) is 0 Å². The van der Waals surface area contributed by atoms with Gasteiger partial charge in [0.15, 0.2) is 5.60 Å². The van der Waals surface area contributed by atoms with Gasteiger partial charge >= 0.3 is 6.18 Å². The summed E-state index contributed by atoms with van der Waals surface area (Å²) in [6.07, 6.45) is -1.20. The maximum atomic E-state index is 12.7. The Morgan fingerprint density at radius 3 is 2.39 bits per heavy atom. The van der Waals surface area contributed by atoms with E-state index in [1.807, 2.05) is 0 Å². The molecule has 1 aliphatic carbocycles. The van der Waals surface area contributed by atoms with Crippen LogP contribution in [0.5, 0.6) is 0 Å². The summed E-state index contributed by atoms with van der Waals surface area (Å²) in [6.45, 7) is -0.198. The Labute approximate surface area is 105 Å². The van der Waals surface area contributed by atoms with Crippen molar-refractivity contribution in [3.8, 4) is 0 Å². The molecule has 1 saturated heterocycles. The van der Waals surface area contributed by atoms with E-state index < -0.39 is 24.4 Å². The summed E-state index contributed by atoms with van der Waals surface area (Å²) >= 11 is 0. The predicted molar refractivity (Wildman–Crippen MR) is 60.1 cm³/mol. The minimum absolute atomic E-state index is 0.206. The van der Waals surface area contributed by atoms with Gasteiger partial charge < -0.3 is 10.2 Å². The van der Waals surface area contributed by atoms with E-state index in [-0.39, 0.29) is 19.0 Å². The van der Waals surface area contributed by atoms with Crippen LogP contribution in [0.25, 0.3) is 0 Å². The summed E-state index contributed by atoms with van der Waals surface area (Å²) in [5.41, 5.74) is -2.60. The predicted octanol–water partition coefficient (Wildman–Crippen LogP) is 1.68. The molecule has 0 bridgehead atoms. The van der Waals surface area contributed by atoms with Crippen LogP contribution in [0.2, 0.25) is 0 Å². The van der Waals surface area contributed by atoms with Crippen LogP contribution in [0.4, 0.5) is 13.2 Å². The molecule has 1 heterocycles. The smallest absolute Gasteiger partial charge is 0.391 e. The summed E-state index contributed by atoms with van der Waals surface area (Å²) in [5.74, 6) is 0. The van der Waals surface area contributed by atoms with Crippen LogP contribution < -0.4 is 0 Å². The lowest BCUT2D eigenvalue weighted by Crippen LogP contribution is -2.50. The van der Waals surface area contributed by atoms with Gasteiger partial charge in [-0.25, -0.2) is 0 Å². The molecule has 0 aromatic rings. The van der Waals surface area contributed by atoms with Crippen molar-refractivity contribution in [2.45, 2.75) is 62.4 Å². The fourth-order valence-electron chi connectivity index (χ4n) is 3.03. The lowest BCUT2D eigenvalue weighted by Gasteiger charge is -2.32. The molecule has 106 valence electrons. The molecule has 2 aliphatic rings. The number of alkyl halides is 3. The van der Waals surface area contributed by atoms with E-state index in [9.17, 15) is 23.4 Å². The SMILES string of the molecule is OC1CCCCCC1N1CCC(O)(C(F)(F)F)C1. The van der Waals surface area contributed by atoms with Crippen LogP contribution in [0.3, 0.4) is 0 Å². The monoisotopic (exact) mass is 267 g/mol. The van der Waals surface area contributed by atoms with Gasteiger partial charge in [0, 0.05) is 19.1 Å². The van der Waals surface area contributed by atoms with Gasteiger partial charge in [-0.15, -0.1) is 0 Å². The zero-order chi connectivity index (χ0) is 13.4. The van der Waals surface area contributed by atoms with Crippen LogP contribution in [-0.4, -0.2) is 52.1 Å². The lowest BCUT2D eigenvalue weighted by molar-refractivity contribution is -0.254. The molecule has 1 aliphatic heterocycles. The number of β-amino-alcohol motifs (C(OH)–C–C–N with tert-alkyl or cyclic N) is 1. The summed E-state index contributed by atoms with van der Waals surface area (Å²) in [6, 6.07) is -0.233. The van der Waals surface area contributed by atoms with E-state index in [0.717, 1.165) is 25.7 Å². The van der Waals surface area contributed by atoms with Crippen molar-refractivity contribution < 1.29 is 23.4 Å². The minimum atomic E-state index is -4.59. The number of aliphatic hydroxyl groups is 2. The van der Waals surface area contributed by atoms with E-state index in [4.69, 9.17) is 0 Å². The van der Waals surface area contributed by atoms with Crippen LogP contribution in [0.15, 0.2) is 0 Å². The highest BCUT2D eigenvalue weighted by Crippen LogP contribution is 2.39. The van der Waals surface area contributed by atoms with Crippen molar-refractivity contribution in [3.05, 3.63) is 0 Å². The van der Waals surface area contributed by atoms with Gasteiger partial charge in [-0.3, -0.25) is 4.90 Å². The average molecular weight is 267 g/mol. The molecule has 3 unspecified atom stereocenters. The number of rotatable bonds is 1. The maximum absolute atomic E-state index is 12.7. The molecule has 18 heavy (non-hydrogen) atoms. The molecule has 2 N–H and O–H groups in total. The van der Waals surface area contributed by atoms with Crippen molar-refractivity contribution in [2.24, 2.45) is 0 Å². The Kier molecular flexibility index (Phi) is 3.90. The zero-order valence-electron chi connectivity index (χ0n) is 10.3. The van der Waals surface area contributed by atoms with Crippen LogP contribution >= 0.6 is 0 Å². The highest BCUT2D eigenvalue weighted by Gasteiger charge is 2.58. The fourth-order valence-corrected chi connectivity index (χ4v) is 3.03. The second-order valence-electron chi connectivity index (χ2n) is 5.52. The average Bonchev–Trinajstić information content (AvgIpc) is 2.54. The van der Waals surface area contributed by atoms with E-state index in [0.29, 0.717) is 6.42 Å². The normalized spacial score (nSPS) is 39.8. The van der Waals surface area contributed by atoms with Gasteiger partial charge in [0.2, 0.25) is 0 Å². The maximum Gasteiger partial charge on any atom is 0.418 e. The summed E-state index contributed by atoms with van der Waals surface area (Å²) in [7, 11) is 0. The number of hydrogen-bond acceptors (Lipinski definition) is 3. The van der Waals surface area contributed by atoms with Crippen molar-refractivity contribution in [3.63, 3.8) is 0 Å². The molecular weight excluding hydrogens is 247 g/mol. The molecule has 3 atom stereocenters. The Balaban J connectivity index is 2.03. The van der Waals surface area contributed by atoms with Crippen LogP contribution in [0.1, 0.15) is 38.5 Å². The van der Waals surface area contributed by atoms with Gasteiger partial charge in [0.05, 0.1) is 6.10 Å².